The molecule has 115 radical (unpaired) electrons. The number of cyclic esters (lactones) is 1. The maximum absolute atomic E-state index is 11.4. The van der Waals surface area contributed by atoms with E-state index in [-0.39, 0.29) is 40.6 Å². The fraction of sp³-hybridized carbons (Fsp3) is 0.893. The Morgan fingerprint density at radius 1 is 0.257 bits per heavy atom. The van der Waals surface area contributed by atoms with Crippen LogP contribution >= 0.6 is 0 Å². The quantitative estimate of drug-likeness (QED) is 0.0341. The topological polar surface area (TPSA) is 110 Å². The van der Waals surface area contributed by atoms with Crippen LogP contribution in [-0.4, -0.2) is 843 Å². The monoisotopic (exact) mass is 1740 g/mol. The van der Waals surface area contributed by atoms with Crippen LogP contribution in [0.3, 0.4) is 0 Å². The van der Waals surface area contributed by atoms with Crippen molar-refractivity contribution >= 4 is 817 Å². The van der Waals surface area contributed by atoms with E-state index in [1.807, 2.05) is 0 Å². The van der Waals surface area contributed by atoms with Crippen molar-refractivity contribution in [1.29, 1.82) is 0 Å². The van der Waals surface area contributed by atoms with Gasteiger partial charge >= 0.3 is 17.9 Å². The second-order valence-electron chi connectivity index (χ2n) is 42.5. The highest BCUT2D eigenvalue weighted by Gasteiger charge is 2.70. The minimum Gasteiger partial charge on any atom is -0.469 e. The zero-order valence-corrected chi connectivity index (χ0v) is 87.7. The van der Waals surface area contributed by atoms with Crippen molar-refractivity contribution in [1.82, 2.24) is 0 Å². The number of hydrogen-bond donors (Lipinski definition) is 0. The lowest BCUT2D eigenvalue weighted by molar-refractivity contribution is -0.149. The molecule has 0 aromatic rings. The number of carbonyl (C=O) groups is 3. The van der Waals surface area contributed by atoms with Crippen LogP contribution in [0, 0.1) is 23.2 Å². The Morgan fingerprint density at radius 3 is 0.608 bits per heavy atom. The van der Waals surface area contributed by atoms with Gasteiger partial charge in [0.2, 0.25) is 0 Å². The normalized spacial score (nSPS) is 13.5. The van der Waals surface area contributed by atoms with Crippen molar-refractivity contribution in [2.24, 2.45) is 23.2 Å². The van der Waals surface area contributed by atoms with E-state index in [1.165, 1.54) is 84.8 Å². The van der Waals surface area contributed by atoms with Gasteiger partial charge in [0.15, 0.2) is 0 Å². The molecule has 0 bridgehead atoms. The summed E-state index contributed by atoms with van der Waals surface area (Å²) in [6.07, 6.45) is -91.7. The van der Waals surface area contributed by atoms with E-state index in [2.05, 4.69) is 11.7 Å². The number of methoxy groups -OCH3 is 2. The first-order valence-corrected chi connectivity index (χ1v) is 51.1. The number of ether oxygens (including phenoxy) is 3. The van der Waals surface area contributed by atoms with E-state index < -0.39 is 351 Å². The van der Waals surface area contributed by atoms with Crippen LogP contribution in [0.5, 0.6) is 0 Å². The molecular formula is C28H50B113O7. The van der Waals surface area contributed by atoms with Crippen molar-refractivity contribution < 1.29 is 34.1 Å². The first kappa shape index (κ1) is 154. The molecule has 3 aliphatic carbocycles. The summed E-state index contributed by atoms with van der Waals surface area (Å²) in [6.45, 7) is 2.85. The fourth-order valence-electron chi connectivity index (χ4n) is 26.7. The van der Waals surface area contributed by atoms with Crippen molar-refractivity contribution in [3.8, 4) is 0 Å². The molecule has 543 valence electrons. The minimum absolute atomic E-state index is 0. The summed E-state index contributed by atoms with van der Waals surface area (Å²) in [5, 5.41) is 0. The van der Waals surface area contributed by atoms with Crippen molar-refractivity contribution in [2.75, 3.05) is 20.8 Å². The van der Waals surface area contributed by atoms with Gasteiger partial charge in [-0.05, 0) is 57.3 Å². The van der Waals surface area contributed by atoms with E-state index in [9.17, 15) is 14.4 Å². The molecule has 3 saturated carbocycles. The lowest BCUT2D eigenvalue weighted by Crippen LogP contribution is -3.02. The van der Waals surface area contributed by atoms with Gasteiger partial charge in [-0.25, -0.2) is 0 Å². The molecule has 2 N–H and O–H groups in total. The van der Waals surface area contributed by atoms with Gasteiger partial charge in [-0.15, -0.1) is 0 Å². The molecule has 120 heteroatoms. The predicted octanol–water partition coefficient (Wildman–Crippen LogP) is -37.5. The van der Waals surface area contributed by atoms with E-state index in [4.69, 9.17) is 450 Å². The molecule has 2 atom stereocenters. The van der Waals surface area contributed by atoms with Gasteiger partial charge in [-0.1, -0.05) is 64.7 Å². The molecule has 1 aliphatic heterocycles. The molecule has 1 saturated heterocycles. The van der Waals surface area contributed by atoms with Gasteiger partial charge in [-0.3, -0.25) is 14.4 Å². The predicted molar refractivity (Wildman–Crippen MR) is 786 cm³/mol. The Morgan fingerprint density at radius 2 is 0.439 bits per heavy atom. The van der Waals surface area contributed by atoms with Crippen LogP contribution in [0.15, 0.2) is 0 Å². The van der Waals surface area contributed by atoms with Crippen LogP contribution in [0.25, 0.3) is 0 Å². The summed E-state index contributed by atoms with van der Waals surface area (Å²) in [5.74, 6) is 1.07. The highest BCUT2D eigenvalue weighted by atomic mass is 16.5. The van der Waals surface area contributed by atoms with E-state index in [0.29, 0.717) is 12.5 Å². The largest absolute Gasteiger partial charge is 0.469 e. The zero-order chi connectivity index (χ0) is 114. The lowest BCUT2D eigenvalue weighted by Gasteiger charge is -2.64. The third-order valence-corrected chi connectivity index (χ3v) is 32.5. The minimum atomic E-state index is -2.53. The number of esters is 3. The lowest BCUT2D eigenvalue weighted by atomic mass is 8.17. The molecule has 148 heavy (non-hydrogen) atoms. The first-order chi connectivity index (χ1) is 67.9. The molecule has 4 aliphatic rings. The van der Waals surface area contributed by atoms with Gasteiger partial charge in [0.05, 0.1) is 38.1 Å². The molecule has 0 aromatic heterocycles. The molecule has 0 amide bonds. The Balaban J connectivity index is 0.00000508. The summed E-state index contributed by atoms with van der Waals surface area (Å²) in [6, 6.07) is 0. The molecule has 1 spiro atoms. The average molecular weight is 1720 g/mol. The van der Waals surface area contributed by atoms with E-state index in [0.717, 1.165) is 45.6 Å². The van der Waals surface area contributed by atoms with Crippen molar-refractivity contribution in [3.63, 3.8) is 0 Å². The SMILES string of the molecule is CCCC1CCCCC1C(=O)OC.COC(=O)C1CCCCC1.O.O=C1OCCC12CCCCC2.[B][B]B(B([B])[B])B(B([B])[B])B(B(B([B])[B])B([B])[B])B(B(B(B(B([B])[B])B([B])[B])B(B([B])[B])B([B])[B])B(B(B([B])[B])B([B])[B])B(B([B])[B])B([B])[B])B(B(B(B(B([B])[B])B([B])[B])B(B([B])[B])B([B])[B])B(B(B([B])[B])B([B])[B])B(B([B])[B])B([B])[B])B(B(B(B([B])[B])B([B])[B])B(B([B])[B])B([B])[B])B(B(B([B])[B])B([B])[B])B(B([B])[B])B([B])[B]. The van der Waals surface area contributed by atoms with E-state index >= 15 is 0 Å². The summed E-state index contributed by atoms with van der Waals surface area (Å²) in [4.78, 5) is 33.7. The number of hydrogen-bond acceptors (Lipinski definition) is 6. The van der Waals surface area contributed by atoms with Gasteiger partial charge in [-0.2, -0.15) is 0 Å². The Hall–Kier alpha value is 5.71. The summed E-state index contributed by atoms with van der Waals surface area (Å²) < 4.78 is 14.5. The molecule has 4 rings (SSSR count). The van der Waals surface area contributed by atoms with E-state index in [1.54, 1.807) is 0 Å². The second kappa shape index (κ2) is 74.8. The Bertz CT molecular complexity index is 3030. The summed E-state index contributed by atoms with van der Waals surface area (Å²) in [5.41, 5.74) is -0.0295. The maximum atomic E-state index is 11.4. The highest BCUT2D eigenvalue weighted by molar-refractivity contribution is 8.45. The molecule has 0 aromatic carbocycles. The zero-order valence-electron chi connectivity index (χ0n) is 87.7. The van der Waals surface area contributed by atoms with Gasteiger partial charge in [0.25, 0.3) is 0 Å². The number of carbonyl (C=O) groups excluding carboxylic acids is 3. The average Bonchev–Trinajstić information content (AvgIpc) is 0.705. The molecule has 1 heterocycles. The van der Waals surface area contributed by atoms with Crippen LogP contribution in [0.1, 0.15) is 116 Å². The van der Waals surface area contributed by atoms with Crippen molar-refractivity contribution in [3.05, 3.63) is 0 Å². The highest BCUT2D eigenvalue weighted by Crippen LogP contribution is 2.44. The Labute approximate surface area is 1000 Å². The molecule has 2 unspecified atom stereocenters. The third kappa shape index (κ3) is 43.7. The number of rotatable bonds is 59. The fourth-order valence-corrected chi connectivity index (χ4v) is 26.7. The molecule has 7 nitrogen and oxygen atoms in total. The van der Waals surface area contributed by atoms with Crippen LogP contribution in [0.2, 0.25) is 0 Å². The smallest absolute Gasteiger partial charge is 0.312 e. The third-order valence-electron chi connectivity index (χ3n) is 32.5. The first-order valence-electron chi connectivity index (χ1n) is 51.1. The maximum Gasteiger partial charge on any atom is 0.312 e. The van der Waals surface area contributed by atoms with Crippen LogP contribution < -0.4 is 0 Å². The second-order valence-corrected chi connectivity index (χ2v) is 42.5. The van der Waals surface area contributed by atoms with Gasteiger partial charge in [0, 0.05) is 799 Å². The van der Waals surface area contributed by atoms with Gasteiger partial charge in [0.1, 0.15) is 0 Å². The Kier molecular flexibility index (Phi) is 77.7. The summed E-state index contributed by atoms with van der Waals surface area (Å²) >= 11 is 0. The summed E-state index contributed by atoms with van der Waals surface area (Å²) in [7, 11) is 418. The molecule has 4 fully saturated rings. The standard InChI is InChI=1S/C11H20O2.C9H14O2.C8H14O2.B113.H2O/c1-3-6-9-7-4-5-8-10(9)11(12)13-2;10-8-9(6-7-11-8)4-2-1-3-5-9;1-10-8(9)7-5-3-2-4-6-7;1-58-87(59(2)3)101(86(56)57)108(100(84(52)53)85(54)55)112(109(102(88(60(4)5)61(6)7)89(62(8)9)63(10)11)103(90(64(12)13)65(14)15)91(66(16)17)67(18)19)113(110(104(92(68(20)21)69(22)23)93(70(24)25)71(26)27)105(94(72(28)29)73(30)31)95(74(32)33)75(34)35)111(106(96(76(36)37)77(38)39)97(78(40)41)79(42)43)107(98(80(44)45)81(46)47)99(82(48)49)83(50)51;/h9-10H,3-8H2,1-2H3;1-7H2;7H,2-6H2,1H3;;1H2. The van der Waals surface area contributed by atoms with Crippen LogP contribution in [-0.2, 0) is 28.6 Å². The molecular weight excluding hydrogens is 1670 g/mol. The van der Waals surface area contributed by atoms with Crippen molar-refractivity contribution in [2.45, 2.75) is 116 Å². The van der Waals surface area contributed by atoms with Gasteiger partial charge < -0.3 is 19.7 Å². The van der Waals surface area contributed by atoms with Crippen LogP contribution in [0.4, 0.5) is 0 Å².